The molecule has 0 radical (unpaired) electrons. The van der Waals surface area contributed by atoms with Gasteiger partial charge in [-0.1, -0.05) is 37.3 Å². The Morgan fingerprint density at radius 1 is 1.26 bits per heavy atom. The number of nitrogens with one attached hydrogen (secondary N) is 1. The van der Waals surface area contributed by atoms with Gasteiger partial charge in [-0.05, 0) is 24.3 Å². The zero-order valence-corrected chi connectivity index (χ0v) is 11.8. The van der Waals surface area contributed by atoms with Gasteiger partial charge in [0.25, 0.3) is 0 Å². The van der Waals surface area contributed by atoms with Crippen molar-refractivity contribution >= 4 is 0 Å². The quantitative estimate of drug-likeness (QED) is 0.826. The zero-order valence-electron chi connectivity index (χ0n) is 11.8. The average Bonchev–Trinajstić information content (AvgIpc) is 2.49. The third kappa shape index (κ3) is 4.03. The smallest absolute Gasteiger partial charge is 0.0501 e. The Kier molecular flexibility index (Phi) is 5.37. The van der Waals surface area contributed by atoms with E-state index in [-0.39, 0.29) is 12.0 Å². The maximum absolute atomic E-state index is 9.63. The second-order valence-corrected chi connectivity index (χ2v) is 5.71. The summed E-state index contributed by atoms with van der Waals surface area (Å²) in [5.74, 6) is 0.497. The molecule has 2 rings (SSSR count). The summed E-state index contributed by atoms with van der Waals surface area (Å²) in [6, 6.07) is 10.6. The molecule has 1 atom stereocenters. The molecule has 0 saturated carbocycles. The number of hydrogen-bond acceptors (Lipinski definition) is 3. The van der Waals surface area contributed by atoms with Crippen molar-refractivity contribution in [3.63, 3.8) is 0 Å². The fourth-order valence-corrected chi connectivity index (χ4v) is 2.65. The Morgan fingerprint density at radius 3 is 2.58 bits per heavy atom. The van der Waals surface area contributed by atoms with Crippen LogP contribution in [0.4, 0.5) is 0 Å². The van der Waals surface area contributed by atoms with Crippen molar-refractivity contribution in [1.29, 1.82) is 0 Å². The van der Waals surface area contributed by atoms with Crippen LogP contribution in [-0.4, -0.2) is 38.0 Å². The summed E-state index contributed by atoms with van der Waals surface area (Å²) in [5.41, 5.74) is 1.38. The van der Waals surface area contributed by atoms with E-state index in [1.54, 1.807) is 0 Å². The molecule has 0 bridgehead atoms. The van der Waals surface area contributed by atoms with Crippen LogP contribution in [0.3, 0.4) is 0 Å². The molecule has 0 amide bonds. The van der Waals surface area contributed by atoms with E-state index in [9.17, 15) is 5.11 Å². The topological polar surface area (TPSA) is 41.5 Å². The lowest BCUT2D eigenvalue weighted by Crippen LogP contribution is -2.42. The number of rotatable bonds is 6. The fourth-order valence-electron chi connectivity index (χ4n) is 2.65. The molecule has 0 spiro atoms. The van der Waals surface area contributed by atoms with Gasteiger partial charge in [0.15, 0.2) is 0 Å². The SMILES string of the molecule is CC(CNCC1(CO)CCOCC1)c1ccccc1. The van der Waals surface area contributed by atoms with Crippen molar-refractivity contribution in [2.75, 3.05) is 32.9 Å². The Labute approximate surface area is 116 Å². The maximum atomic E-state index is 9.63. The van der Waals surface area contributed by atoms with Gasteiger partial charge in [-0.2, -0.15) is 0 Å². The van der Waals surface area contributed by atoms with Gasteiger partial charge in [-0.3, -0.25) is 0 Å². The molecule has 0 aliphatic carbocycles. The van der Waals surface area contributed by atoms with E-state index in [1.807, 2.05) is 6.07 Å². The van der Waals surface area contributed by atoms with Crippen LogP contribution in [-0.2, 0) is 4.74 Å². The highest BCUT2D eigenvalue weighted by atomic mass is 16.5. The number of aliphatic hydroxyl groups excluding tert-OH is 1. The summed E-state index contributed by atoms with van der Waals surface area (Å²) in [6.45, 7) is 5.87. The number of hydrogen-bond donors (Lipinski definition) is 2. The van der Waals surface area contributed by atoms with Crippen LogP contribution in [0.5, 0.6) is 0 Å². The van der Waals surface area contributed by atoms with E-state index in [1.165, 1.54) is 5.56 Å². The molecule has 3 nitrogen and oxygen atoms in total. The molecule has 1 aliphatic heterocycles. The molecule has 19 heavy (non-hydrogen) atoms. The first-order valence-electron chi connectivity index (χ1n) is 7.20. The first-order valence-corrected chi connectivity index (χ1v) is 7.20. The van der Waals surface area contributed by atoms with Gasteiger partial charge in [-0.25, -0.2) is 0 Å². The second-order valence-electron chi connectivity index (χ2n) is 5.71. The predicted molar refractivity (Wildman–Crippen MR) is 77.3 cm³/mol. The Bertz CT molecular complexity index is 360. The lowest BCUT2D eigenvalue weighted by Gasteiger charge is -2.36. The Balaban J connectivity index is 1.79. The average molecular weight is 263 g/mol. The molecule has 1 heterocycles. The van der Waals surface area contributed by atoms with Gasteiger partial charge in [-0.15, -0.1) is 0 Å². The van der Waals surface area contributed by atoms with E-state index in [0.29, 0.717) is 5.92 Å². The van der Waals surface area contributed by atoms with Gasteiger partial charge in [0.1, 0.15) is 0 Å². The molecule has 1 aliphatic rings. The summed E-state index contributed by atoms with van der Waals surface area (Å²) in [4.78, 5) is 0. The van der Waals surface area contributed by atoms with E-state index in [0.717, 1.165) is 39.1 Å². The van der Waals surface area contributed by atoms with Crippen molar-refractivity contribution in [3.05, 3.63) is 35.9 Å². The highest BCUT2D eigenvalue weighted by molar-refractivity contribution is 5.18. The number of ether oxygens (including phenoxy) is 1. The molecular weight excluding hydrogens is 238 g/mol. The number of benzene rings is 1. The number of aliphatic hydroxyl groups is 1. The standard InChI is InChI=1S/C16H25NO2/c1-14(15-5-3-2-4-6-15)11-17-12-16(13-18)7-9-19-10-8-16/h2-6,14,17-18H,7-13H2,1H3. The molecular formula is C16H25NO2. The van der Waals surface area contributed by atoms with E-state index < -0.39 is 0 Å². The van der Waals surface area contributed by atoms with Crippen LogP contribution >= 0.6 is 0 Å². The lowest BCUT2D eigenvalue weighted by atomic mass is 9.81. The normalized spacial score (nSPS) is 20.1. The summed E-state index contributed by atoms with van der Waals surface area (Å²) in [5, 5.41) is 13.2. The molecule has 2 N–H and O–H groups in total. The third-order valence-electron chi connectivity index (χ3n) is 4.21. The molecule has 106 valence electrons. The van der Waals surface area contributed by atoms with Gasteiger partial charge in [0.2, 0.25) is 0 Å². The maximum Gasteiger partial charge on any atom is 0.0501 e. The molecule has 0 aromatic heterocycles. The fraction of sp³-hybridized carbons (Fsp3) is 0.625. The molecule has 1 aromatic carbocycles. The molecule has 1 unspecified atom stereocenters. The van der Waals surface area contributed by atoms with E-state index >= 15 is 0 Å². The molecule has 1 saturated heterocycles. The van der Waals surface area contributed by atoms with Crippen LogP contribution in [0.25, 0.3) is 0 Å². The van der Waals surface area contributed by atoms with Crippen LogP contribution in [0.2, 0.25) is 0 Å². The highest BCUT2D eigenvalue weighted by Gasteiger charge is 2.31. The van der Waals surface area contributed by atoms with Crippen molar-refractivity contribution in [3.8, 4) is 0 Å². The summed E-state index contributed by atoms with van der Waals surface area (Å²) in [7, 11) is 0. The lowest BCUT2D eigenvalue weighted by molar-refractivity contribution is -0.0152. The molecule has 1 aromatic rings. The van der Waals surface area contributed by atoms with Crippen molar-refractivity contribution in [2.24, 2.45) is 5.41 Å². The van der Waals surface area contributed by atoms with Gasteiger partial charge in [0, 0.05) is 31.7 Å². The van der Waals surface area contributed by atoms with Gasteiger partial charge >= 0.3 is 0 Å². The largest absolute Gasteiger partial charge is 0.396 e. The minimum Gasteiger partial charge on any atom is -0.396 e. The third-order valence-corrected chi connectivity index (χ3v) is 4.21. The van der Waals surface area contributed by atoms with Crippen LogP contribution in [0.1, 0.15) is 31.2 Å². The summed E-state index contributed by atoms with van der Waals surface area (Å²) < 4.78 is 5.38. The first-order chi connectivity index (χ1) is 9.26. The van der Waals surface area contributed by atoms with Crippen LogP contribution in [0.15, 0.2) is 30.3 Å². The Morgan fingerprint density at radius 2 is 1.95 bits per heavy atom. The Hall–Kier alpha value is -0.900. The van der Waals surface area contributed by atoms with Crippen molar-refractivity contribution < 1.29 is 9.84 Å². The predicted octanol–water partition coefficient (Wildman–Crippen LogP) is 2.17. The minimum absolute atomic E-state index is 0.0225. The monoisotopic (exact) mass is 263 g/mol. The van der Waals surface area contributed by atoms with E-state index in [2.05, 4.69) is 36.5 Å². The van der Waals surface area contributed by atoms with Crippen molar-refractivity contribution in [1.82, 2.24) is 5.32 Å². The van der Waals surface area contributed by atoms with E-state index in [4.69, 9.17) is 4.74 Å². The highest BCUT2D eigenvalue weighted by Crippen LogP contribution is 2.29. The first kappa shape index (κ1) is 14.5. The van der Waals surface area contributed by atoms with Gasteiger partial charge < -0.3 is 15.2 Å². The minimum atomic E-state index is 0.0225. The summed E-state index contributed by atoms with van der Waals surface area (Å²) in [6.07, 6.45) is 1.91. The second kappa shape index (κ2) is 7.04. The molecule has 1 fully saturated rings. The van der Waals surface area contributed by atoms with Crippen molar-refractivity contribution in [2.45, 2.75) is 25.7 Å². The summed E-state index contributed by atoms with van der Waals surface area (Å²) >= 11 is 0. The zero-order chi connectivity index (χ0) is 13.6. The molecule has 3 heteroatoms. The van der Waals surface area contributed by atoms with Gasteiger partial charge in [0.05, 0.1) is 6.61 Å². The van der Waals surface area contributed by atoms with Crippen LogP contribution < -0.4 is 5.32 Å². The van der Waals surface area contributed by atoms with Crippen LogP contribution in [0, 0.1) is 5.41 Å².